The average Bonchev–Trinajstić information content (AvgIpc) is 2.66. The summed E-state index contributed by atoms with van der Waals surface area (Å²) in [5.74, 6) is -0.293. The van der Waals surface area contributed by atoms with Crippen LogP contribution in [0.4, 0.5) is 5.69 Å². The molecule has 1 amide bonds. The van der Waals surface area contributed by atoms with Crippen molar-refractivity contribution >= 4 is 22.5 Å². The van der Waals surface area contributed by atoms with Crippen LogP contribution in [0, 0.1) is 0 Å². The summed E-state index contributed by atoms with van der Waals surface area (Å²) < 4.78 is 6.61. The van der Waals surface area contributed by atoms with E-state index in [-0.39, 0.29) is 11.3 Å². The molecule has 2 N–H and O–H groups in total. The van der Waals surface area contributed by atoms with Crippen molar-refractivity contribution in [2.45, 2.75) is 19.9 Å². The molecule has 0 saturated carbocycles. The lowest BCUT2D eigenvalue weighted by atomic mass is 10.1. The summed E-state index contributed by atoms with van der Waals surface area (Å²) in [6, 6.07) is 13.7. The number of hydrogen-bond donors (Lipinski definition) is 2. The van der Waals surface area contributed by atoms with E-state index in [9.17, 15) is 14.7 Å². The molecule has 0 bridgehead atoms. The van der Waals surface area contributed by atoms with Crippen LogP contribution in [0.5, 0.6) is 11.5 Å². The smallest absolute Gasteiger partial charge is 0.267 e. The first-order chi connectivity index (χ1) is 12.6. The second kappa shape index (κ2) is 7.31. The Kier molecular flexibility index (Phi) is 4.93. The van der Waals surface area contributed by atoms with Gasteiger partial charge in [-0.25, -0.2) is 0 Å². The van der Waals surface area contributed by atoms with Crippen LogP contribution in [0.1, 0.15) is 23.7 Å². The maximum absolute atomic E-state index is 12.8. The van der Waals surface area contributed by atoms with Crippen molar-refractivity contribution < 1.29 is 14.6 Å². The summed E-state index contributed by atoms with van der Waals surface area (Å²) in [6.45, 7) is 2.41. The second-order valence-corrected chi connectivity index (χ2v) is 5.88. The highest BCUT2D eigenvalue weighted by molar-refractivity contribution is 6.09. The molecule has 6 nitrogen and oxygen atoms in total. The van der Waals surface area contributed by atoms with Gasteiger partial charge in [0.15, 0.2) is 0 Å². The SMILES string of the molecule is CCCn1c(=O)c(C(=O)Nc2ccc(OC)cc2)c(O)c2ccccc21. The van der Waals surface area contributed by atoms with Gasteiger partial charge in [-0.1, -0.05) is 19.1 Å². The highest BCUT2D eigenvalue weighted by Crippen LogP contribution is 2.27. The zero-order chi connectivity index (χ0) is 18.7. The van der Waals surface area contributed by atoms with Gasteiger partial charge in [-0.15, -0.1) is 0 Å². The van der Waals surface area contributed by atoms with Gasteiger partial charge in [-0.3, -0.25) is 9.59 Å². The molecule has 0 aliphatic heterocycles. The second-order valence-electron chi connectivity index (χ2n) is 5.88. The third kappa shape index (κ3) is 3.13. The van der Waals surface area contributed by atoms with Crippen LogP contribution in [0.15, 0.2) is 53.3 Å². The number of carbonyl (C=O) groups is 1. The number of ether oxygens (including phenoxy) is 1. The van der Waals surface area contributed by atoms with Crippen LogP contribution in [-0.2, 0) is 6.54 Å². The number of aromatic nitrogens is 1. The fraction of sp³-hybridized carbons (Fsp3) is 0.200. The zero-order valence-corrected chi connectivity index (χ0v) is 14.7. The third-order valence-corrected chi connectivity index (χ3v) is 4.17. The molecule has 1 heterocycles. The van der Waals surface area contributed by atoms with Gasteiger partial charge in [0.1, 0.15) is 17.1 Å². The van der Waals surface area contributed by atoms with Gasteiger partial charge in [0.05, 0.1) is 12.6 Å². The number of pyridine rings is 1. The van der Waals surface area contributed by atoms with E-state index in [0.29, 0.717) is 28.9 Å². The van der Waals surface area contributed by atoms with Gasteiger partial charge >= 0.3 is 0 Å². The number of nitrogens with one attached hydrogen (secondary N) is 1. The Hall–Kier alpha value is -3.28. The fourth-order valence-corrected chi connectivity index (χ4v) is 2.91. The Morgan fingerprint density at radius 2 is 1.85 bits per heavy atom. The van der Waals surface area contributed by atoms with E-state index in [1.165, 1.54) is 4.57 Å². The molecule has 0 aliphatic carbocycles. The quantitative estimate of drug-likeness (QED) is 0.738. The zero-order valence-electron chi connectivity index (χ0n) is 14.7. The molecule has 3 rings (SSSR count). The predicted octanol–water partition coefficient (Wildman–Crippen LogP) is 3.38. The number of benzene rings is 2. The van der Waals surface area contributed by atoms with Crippen molar-refractivity contribution in [1.29, 1.82) is 0 Å². The third-order valence-electron chi connectivity index (χ3n) is 4.17. The summed E-state index contributed by atoms with van der Waals surface area (Å²) in [5.41, 5.74) is 0.352. The van der Waals surface area contributed by atoms with Crippen LogP contribution < -0.4 is 15.6 Å². The van der Waals surface area contributed by atoms with E-state index in [0.717, 1.165) is 6.42 Å². The molecule has 0 saturated heterocycles. The number of para-hydroxylation sites is 1. The van der Waals surface area contributed by atoms with Crippen molar-refractivity contribution in [2.75, 3.05) is 12.4 Å². The summed E-state index contributed by atoms with van der Waals surface area (Å²) in [5, 5.41) is 13.7. The van der Waals surface area contributed by atoms with Crippen LogP contribution in [0.25, 0.3) is 10.9 Å². The minimum Gasteiger partial charge on any atom is -0.506 e. The molecule has 2 aromatic carbocycles. The molecule has 0 radical (unpaired) electrons. The first-order valence-electron chi connectivity index (χ1n) is 8.36. The molecule has 0 atom stereocenters. The molecule has 0 aliphatic rings. The number of aromatic hydroxyl groups is 1. The molecule has 6 heteroatoms. The fourth-order valence-electron chi connectivity index (χ4n) is 2.91. The van der Waals surface area contributed by atoms with Crippen molar-refractivity contribution in [2.24, 2.45) is 0 Å². The lowest BCUT2D eigenvalue weighted by molar-refractivity contribution is 0.102. The van der Waals surface area contributed by atoms with Gasteiger partial charge in [-0.05, 0) is 42.8 Å². The molecule has 134 valence electrons. The number of rotatable bonds is 5. The Balaban J connectivity index is 2.08. The Morgan fingerprint density at radius 3 is 2.50 bits per heavy atom. The van der Waals surface area contributed by atoms with Gasteiger partial charge in [0.2, 0.25) is 0 Å². The molecule has 26 heavy (non-hydrogen) atoms. The number of anilines is 1. The molecule has 1 aromatic heterocycles. The lowest BCUT2D eigenvalue weighted by Gasteiger charge is -2.14. The molecule has 0 unspecified atom stereocenters. The van der Waals surface area contributed by atoms with Gasteiger partial charge < -0.3 is 19.7 Å². The van der Waals surface area contributed by atoms with E-state index < -0.39 is 11.5 Å². The number of aryl methyl sites for hydroxylation is 1. The summed E-state index contributed by atoms with van der Waals surface area (Å²) in [4.78, 5) is 25.5. The minimum atomic E-state index is -0.645. The van der Waals surface area contributed by atoms with Crippen LogP contribution in [-0.4, -0.2) is 22.7 Å². The van der Waals surface area contributed by atoms with E-state index in [1.807, 2.05) is 6.92 Å². The van der Waals surface area contributed by atoms with Crippen LogP contribution >= 0.6 is 0 Å². The topological polar surface area (TPSA) is 80.6 Å². The average molecular weight is 352 g/mol. The van der Waals surface area contributed by atoms with Gasteiger partial charge in [0.25, 0.3) is 11.5 Å². The van der Waals surface area contributed by atoms with Crippen LogP contribution in [0.3, 0.4) is 0 Å². The van der Waals surface area contributed by atoms with E-state index >= 15 is 0 Å². The normalized spacial score (nSPS) is 10.7. The number of nitrogens with zero attached hydrogens (tertiary/aromatic N) is 1. The predicted molar refractivity (Wildman–Crippen MR) is 101 cm³/mol. The number of fused-ring (bicyclic) bond motifs is 1. The van der Waals surface area contributed by atoms with Crippen molar-refractivity contribution in [3.8, 4) is 11.5 Å². The summed E-state index contributed by atoms with van der Waals surface area (Å²) in [6.07, 6.45) is 0.730. The number of amides is 1. The molecule has 0 fully saturated rings. The first kappa shape index (κ1) is 17.5. The molecular weight excluding hydrogens is 332 g/mol. The summed E-state index contributed by atoms with van der Waals surface area (Å²) >= 11 is 0. The van der Waals surface area contributed by atoms with Gasteiger partial charge in [-0.2, -0.15) is 0 Å². The van der Waals surface area contributed by atoms with Crippen molar-refractivity contribution in [1.82, 2.24) is 4.57 Å². The van der Waals surface area contributed by atoms with E-state index in [2.05, 4.69) is 5.32 Å². The largest absolute Gasteiger partial charge is 0.506 e. The molecule has 0 spiro atoms. The van der Waals surface area contributed by atoms with E-state index in [4.69, 9.17) is 4.74 Å². The minimum absolute atomic E-state index is 0.257. The Bertz CT molecular complexity index is 1010. The first-order valence-corrected chi connectivity index (χ1v) is 8.36. The lowest BCUT2D eigenvalue weighted by Crippen LogP contribution is -2.29. The maximum atomic E-state index is 12.8. The van der Waals surface area contributed by atoms with Gasteiger partial charge in [0, 0.05) is 17.6 Å². The monoisotopic (exact) mass is 352 g/mol. The maximum Gasteiger partial charge on any atom is 0.267 e. The highest BCUT2D eigenvalue weighted by Gasteiger charge is 2.22. The van der Waals surface area contributed by atoms with E-state index in [1.54, 1.807) is 55.6 Å². The van der Waals surface area contributed by atoms with Crippen molar-refractivity contribution in [3.63, 3.8) is 0 Å². The van der Waals surface area contributed by atoms with Crippen molar-refractivity contribution in [3.05, 3.63) is 64.4 Å². The van der Waals surface area contributed by atoms with Crippen LogP contribution in [0.2, 0.25) is 0 Å². The standard InChI is InChI=1S/C20H20N2O4/c1-3-12-22-16-7-5-4-6-15(16)18(23)17(20(22)25)19(24)21-13-8-10-14(26-2)11-9-13/h4-11,23H,3,12H2,1-2H3,(H,21,24). The number of carbonyl (C=O) groups excluding carboxylic acids is 1. The Labute approximate surface area is 150 Å². The Morgan fingerprint density at radius 1 is 1.15 bits per heavy atom. The highest BCUT2D eigenvalue weighted by atomic mass is 16.5. The number of hydrogen-bond acceptors (Lipinski definition) is 4. The molecular formula is C20H20N2O4. The number of methoxy groups -OCH3 is 1. The summed E-state index contributed by atoms with van der Waals surface area (Å²) in [7, 11) is 1.55. The molecule has 3 aromatic rings.